The van der Waals surface area contributed by atoms with Gasteiger partial charge < -0.3 is 0 Å². The van der Waals surface area contributed by atoms with E-state index in [2.05, 4.69) is 25.1 Å². The maximum absolute atomic E-state index is 13.3. The van der Waals surface area contributed by atoms with E-state index >= 15 is 0 Å². The second-order valence-electron chi connectivity index (χ2n) is 5.21. The van der Waals surface area contributed by atoms with Crippen LogP contribution in [0, 0.1) is 11.6 Å². The zero-order chi connectivity index (χ0) is 16.2. The van der Waals surface area contributed by atoms with Crippen LogP contribution in [0.2, 0.25) is 0 Å². The van der Waals surface area contributed by atoms with Crippen LogP contribution in [0.3, 0.4) is 0 Å². The maximum Gasteiger partial charge on any atom is 0.166 e. The molecular formula is C20H17F2S+. The van der Waals surface area contributed by atoms with Crippen LogP contribution in [0.5, 0.6) is 0 Å². The van der Waals surface area contributed by atoms with Crippen molar-refractivity contribution in [1.82, 2.24) is 0 Å². The van der Waals surface area contributed by atoms with Gasteiger partial charge in [0.1, 0.15) is 11.6 Å². The molecule has 0 atom stereocenters. The summed E-state index contributed by atoms with van der Waals surface area (Å²) in [6, 6.07) is 21.5. The molecule has 0 N–H and O–H groups in total. The topological polar surface area (TPSA) is 0 Å². The summed E-state index contributed by atoms with van der Waals surface area (Å²) in [6.45, 7) is 2.12. The molecule has 0 heterocycles. The van der Waals surface area contributed by atoms with E-state index in [1.807, 2.05) is 6.07 Å². The molecule has 0 spiro atoms. The Kier molecular flexibility index (Phi) is 4.77. The van der Waals surface area contributed by atoms with Gasteiger partial charge in [0.25, 0.3) is 0 Å². The number of hydrogen-bond donors (Lipinski definition) is 0. The summed E-state index contributed by atoms with van der Waals surface area (Å²) in [5.74, 6) is -0.502. The Morgan fingerprint density at radius 2 is 1.22 bits per heavy atom. The van der Waals surface area contributed by atoms with E-state index in [1.165, 1.54) is 29.8 Å². The number of halogens is 2. The molecule has 0 nitrogen and oxygen atoms in total. The van der Waals surface area contributed by atoms with E-state index in [1.54, 1.807) is 24.3 Å². The minimum Gasteiger partial charge on any atom is -0.207 e. The molecule has 0 saturated carbocycles. The van der Waals surface area contributed by atoms with E-state index in [0.717, 1.165) is 21.1 Å². The minimum atomic E-state index is -0.376. The second-order valence-corrected chi connectivity index (χ2v) is 7.24. The number of rotatable bonds is 4. The van der Waals surface area contributed by atoms with Gasteiger partial charge in [0.05, 0.1) is 10.9 Å². The van der Waals surface area contributed by atoms with Gasteiger partial charge in [-0.15, -0.1) is 0 Å². The molecule has 0 unspecified atom stereocenters. The van der Waals surface area contributed by atoms with E-state index in [4.69, 9.17) is 0 Å². The van der Waals surface area contributed by atoms with Gasteiger partial charge in [-0.2, -0.15) is 0 Å². The third-order valence-electron chi connectivity index (χ3n) is 3.64. The monoisotopic (exact) mass is 327 g/mol. The molecule has 0 saturated heterocycles. The normalized spacial score (nSPS) is 11.0. The zero-order valence-corrected chi connectivity index (χ0v) is 13.6. The van der Waals surface area contributed by atoms with Crippen LogP contribution in [-0.4, -0.2) is 0 Å². The fraction of sp³-hybridized carbons (Fsp3) is 0.100. The van der Waals surface area contributed by atoms with E-state index < -0.39 is 0 Å². The van der Waals surface area contributed by atoms with Gasteiger partial charge in [0.15, 0.2) is 14.7 Å². The fourth-order valence-corrected chi connectivity index (χ4v) is 4.56. The van der Waals surface area contributed by atoms with Crippen molar-refractivity contribution in [1.29, 1.82) is 0 Å². The number of benzene rings is 3. The van der Waals surface area contributed by atoms with Crippen LogP contribution in [0.1, 0.15) is 12.5 Å². The fourth-order valence-electron chi connectivity index (χ4n) is 2.44. The van der Waals surface area contributed by atoms with E-state index in [9.17, 15) is 8.78 Å². The summed E-state index contributed by atoms with van der Waals surface area (Å²) >= 11 is 0. The van der Waals surface area contributed by atoms with E-state index in [-0.39, 0.29) is 22.5 Å². The average molecular weight is 327 g/mol. The van der Waals surface area contributed by atoms with Crippen LogP contribution in [0.4, 0.5) is 8.78 Å². The van der Waals surface area contributed by atoms with Crippen molar-refractivity contribution in [3.63, 3.8) is 0 Å². The third-order valence-corrected chi connectivity index (χ3v) is 5.85. The number of hydrogen-bond acceptors (Lipinski definition) is 0. The summed E-state index contributed by atoms with van der Waals surface area (Å²) in [5.41, 5.74) is 1.25. The molecule has 0 aromatic heterocycles. The van der Waals surface area contributed by atoms with Gasteiger partial charge in [-0.3, -0.25) is 0 Å². The van der Waals surface area contributed by atoms with Crippen molar-refractivity contribution in [2.75, 3.05) is 0 Å². The predicted octanol–water partition coefficient (Wildman–Crippen LogP) is 5.62. The van der Waals surface area contributed by atoms with Gasteiger partial charge in [-0.05, 0) is 72.6 Å². The average Bonchev–Trinajstić information content (AvgIpc) is 2.59. The summed E-state index contributed by atoms with van der Waals surface area (Å²) in [5, 5.41) is 0. The second kappa shape index (κ2) is 6.97. The molecule has 116 valence electrons. The first-order valence-corrected chi connectivity index (χ1v) is 8.74. The smallest absolute Gasteiger partial charge is 0.166 e. The molecule has 0 amide bonds. The highest BCUT2D eigenvalue weighted by Crippen LogP contribution is 2.31. The molecule has 23 heavy (non-hydrogen) atoms. The highest BCUT2D eigenvalue weighted by atomic mass is 32.2. The molecule has 3 heteroatoms. The summed E-state index contributed by atoms with van der Waals surface area (Å²) < 4.78 is 26.6. The van der Waals surface area contributed by atoms with Crippen LogP contribution in [0.25, 0.3) is 0 Å². The quantitative estimate of drug-likeness (QED) is 0.545. The predicted molar refractivity (Wildman–Crippen MR) is 90.8 cm³/mol. The molecule has 0 bridgehead atoms. The summed E-state index contributed by atoms with van der Waals surface area (Å²) in [7, 11) is -0.376. The maximum atomic E-state index is 13.3. The Morgan fingerprint density at radius 1 is 0.696 bits per heavy atom. The van der Waals surface area contributed by atoms with Crippen molar-refractivity contribution in [3.8, 4) is 0 Å². The molecule has 3 aromatic rings. The van der Waals surface area contributed by atoms with Crippen LogP contribution in [0.15, 0.2) is 87.5 Å². The number of aryl methyl sites for hydroxylation is 1. The van der Waals surface area contributed by atoms with Crippen molar-refractivity contribution in [3.05, 3.63) is 90.0 Å². The molecule has 3 rings (SSSR count). The van der Waals surface area contributed by atoms with Crippen molar-refractivity contribution in [2.45, 2.75) is 28.0 Å². The highest BCUT2D eigenvalue weighted by Gasteiger charge is 2.28. The summed E-state index contributed by atoms with van der Waals surface area (Å²) in [6.07, 6.45) is 0.956. The van der Waals surface area contributed by atoms with Crippen molar-refractivity contribution in [2.24, 2.45) is 0 Å². The Balaban J connectivity index is 2.12. The van der Waals surface area contributed by atoms with Gasteiger partial charge in [0.2, 0.25) is 0 Å². The Morgan fingerprint density at radius 3 is 1.70 bits per heavy atom. The minimum absolute atomic E-state index is 0.251. The third kappa shape index (κ3) is 3.62. The van der Waals surface area contributed by atoms with Crippen molar-refractivity contribution < 1.29 is 8.78 Å². The molecule has 0 fully saturated rings. The first-order valence-electron chi connectivity index (χ1n) is 7.52. The molecule has 0 aliphatic rings. The Bertz CT molecular complexity index is 734. The zero-order valence-electron chi connectivity index (χ0n) is 12.8. The van der Waals surface area contributed by atoms with Gasteiger partial charge >= 0.3 is 0 Å². The van der Waals surface area contributed by atoms with Crippen LogP contribution in [-0.2, 0) is 17.3 Å². The summed E-state index contributed by atoms with van der Waals surface area (Å²) in [4.78, 5) is 3.19. The first kappa shape index (κ1) is 15.8. The Hall–Kier alpha value is -2.13. The van der Waals surface area contributed by atoms with Gasteiger partial charge in [-0.1, -0.05) is 19.1 Å². The molecule has 0 aliphatic carbocycles. The standard InChI is InChI=1S/C20H17F2S/c1-2-15-4-3-5-20(14-15)23(18-10-6-16(21)7-11-18)19-12-8-17(22)9-13-19/h3-14H,2H2,1H3/q+1. The van der Waals surface area contributed by atoms with Crippen LogP contribution < -0.4 is 0 Å². The Labute approximate surface area is 138 Å². The molecule has 0 radical (unpaired) electrons. The van der Waals surface area contributed by atoms with Crippen LogP contribution >= 0.6 is 0 Å². The molecular weight excluding hydrogens is 310 g/mol. The lowest BCUT2D eigenvalue weighted by atomic mass is 10.2. The van der Waals surface area contributed by atoms with Gasteiger partial charge in [-0.25, -0.2) is 8.78 Å². The first-order chi connectivity index (χ1) is 11.2. The molecule has 3 aromatic carbocycles. The SMILES string of the molecule is CCc1cccc([S+](c2ccc(F)cc2)c2ccc(F)cc2)c1. The van der Waals surface area contributed by atoms with Crippen molar-refractivity contribution >= 4 is 10.9 Å². The van der Waals surface area contributed by atoms with E-state index in [0.29, 0.717) is 0 Å². The largest absolute Gasteiger partial charge is 0.207 e. The lowest BCUT2D eigenvalue weighted by Gasteiger charge is -2.09. The lowest BCUT2D eigenvalue weighted by molar-refractivity contribution is 0.626. The highest BCUT2D eigenvalue weighted by molar-refractivity contribution is 7.97. The molecule has 0 aliphatic heterocycles. The van der Waals surface area contributed by atoms with Gasteiger partial charge in [0, 0.05) is 0 Å². The lowest BCUT2D eigenvalue weighted by Crippen LogP contribution is -2.05.